The van der Waals surface area contributed by atoms with Crippen LogP contribution in [0.5, 0.6) is 5.75 Å². The number of carbonyl (C=O) groups is 1. The van der Waals surface area contributed by atoms with Crippen LogP contribution in [0.25, 0.3) is 11.3 Å². The van der Waals surface area contributed by atoms with E-state index in [1.165, 1.54) is 12.1 Å². The fraction of sp³-hybridized carbons (Fsp3) is 0.188. The van der Waals surface area contributed by atoms with Gasteiger partial charge in [-0.1, -0.05) is 0 Å². The molecule has 1 aromatic carbocycles. The second-order valence-electron chi connectivity index (χ2n) is 5.27. The lowest BCUT2D eigenvalue weighted by atomic mass is 10.1. The fourth-order valence-corrected chi connectivity index (χ4v) is 2.23. The molecule has 2 N–H and O–H groups in total. The number of halogens is 2. The van der Waals surface area contributed by atoms with Crippen LogP contribution in [0, 0.1) is 0 Å². The molecule has 3 rings (SSSR count). The van der Waals surface area contributed by atoms with E-state index in [0.717, 1.165) is 5.56 Å². The molecule has 0 bridgehead atoms. The molecule has 1 amide bonds. The highest BCUT2D eigenvalue weighted by Gasteiger charge is 2.12. The van der Waals surface area contributed by atoms with Gasteiger partial charge in [-0.25, -0.2) is 0 Å². The summed E-state index contributed by atoms with van der Waals surface area (Å²) in [5.74, 6) is -0.246. The zero-order chi connectivity index (χ0) is 17.8. The Morgan fingerprint density at radius 3 is 2.76 bits per heavy atom. The number of aryl methyl sites for hydroxylation is 1. The monoisotopic (exact) mass is 347 g/mol. The van der Waals surface area contributed by atoms with E-state index in [1.807, 2.05) is 6.20 Å². The lowest BCUT2D eigenvalue weighted by Gasteiger charge is -2.04. The number of aromatic nitrogens is 4. The number of alkyl halides is 2. The molecule has 0 radical (unpaired) electrons. The average Bonchev–Trinajstić information content (AvgIpc) is 3.22. The maximum absolute atomic E-state index is 12.1. The number of benzene rings is 1. The molecule has 2 aromatic heterocycles. The van der Waals surface area contributed by atoms with Gasteiger partial charge < -0.3 is 10.1 Å². The van der Waals surface area contributed by atoms with Crippen LogP contribution in [-0.4, -0.2) is 32.5 Å². The molecular weight excluding hydrogens is 332 g/mol. The summed E-state index contributed by atoms with van der Waals surface area (Å²) in [6.45, 7) is -2.52. The standard InChI is InChI=1S/C16H15F2N5O2/c1-23-9-10(8-20-23)7-19-15(24)14-6-13(21-22-14)11-2-4-12(5-3-11)25-16(17)18/h2-6,8-9,16H,7H2,1H3,(H,19,24)(H,21,22). The lowest BCUT2D eigenvalue weighted by molar-refractivity contribution is -0.0498. The number of amides is 1. The summed E-state index contributed by atoms with van der Waals surface area (Å²) in [5.41, 5.74) is 2.37. The van der Waals surface area contributed by atoms with Crippen molar-refractivity contribution < 1.29 is 18.3 Å². The van der Waals surface area contributed by atoms with Crippen LogP contribution in [0.15, 0.2) is 42.7 Å². The smallest absolute Gasteiger partial charge is 0.387 e. The number of aromatic amines is 1. The summed E-state index contributed by atoms with van der Waals surface area (Å²) in [6, 6.07) is 7.59. The third-order valence-electron chi connectivity index (χ3n) is 3.41. The first-order chi connectivity index (χ1) is 12.0. The first-order valence-electron chi connectivity index (χ1n) is 7.37. The highest BCUT2D eigenvalue weighted by molar-refractivity contribution is 5.93. The first kappa shape index (κ1) is 16.6. The van der Waals surface area contributed by atoms with Crippen molar-refractivity contribution in [2.75, 3.05) is 0 Å². The number of H-pyrrole nitrogens is 1. The van der Waals surface area contributed by atoms with E-state index in [4.69, 9.17) is 0 Å². The normalized spacial score (nSPS) is 10.9. The van der Waals surface area contributed by atoms with Crippen molar-refractivity contribution in [2.45, 2.75) is 13.2 Å². The van der Waals surface area contributed by atoms with Gasteiger partial charge in [0.05, 0.1) is 11.9 Å². The van der Waals surface area contributed by atoms with Gasteiger partial charge in [-0.2, -0.15) is 19.0 Å². The SMILES string of the molecule is Cn1cc(CNC(=O)c2cc(-c3ccc(OC(F)F)cc3)n[nH]2)cn1. The van der Waals surface area contributed by atoms with Crippen molar-refractivity contribution >= 4 is 5.91 Å². The molecule has 3 aromatic rings. The van der Waals surface area contributed by atoms with E-state index in [-0.39, 0.29) is 11.7 Å². The fourth-order valence-electron chi connectivity index (χ4n) is 2.23. The van der Waals surface area contributed by atoms with E-state index >= 15 is 0 Å². The van der Waals surface area contributed by atoms with Crippen LogP contribution < -0.4 is 10.1 Å². The third-order valence-corrected chi connectivity index (χ3v) is 3.41. The van der Waals surface area contributed by atoms with Crippen LogP contribution in [-0.2, 0) is 13.6 Å². The Bertz CT molecular complexity index is 858. The van der Waals surface area contributed by atoms with Crippen LogP contribution >= 0.6 is 0 Å². The van der Waals surface area contributed by atoms with Gasteiger partial charge in [0.25, 0.3) is 5.91 Å². The molecule has 25 heavy (non-hydrogen) atoms. The van der Waals surface area contributed by atoms with Crippen molar-refractivity contribution in [2.24, 2.45) is 7.05 Å². The Morgan fingerprint density at radius 1 is 1.36 bits per heavy atom. The van der Waals surface area contributed by atoms with E-state index < -0.39 is 6.61 Å². The van der Waals surface area contributed by atoms with Gasteiger partial charge in [-0.05, 0) is 30.3 Å². The van der Waals surface area contributed by atoms with Crippen LogP contribution in [0.3, 0.4) is 0 Å². The number of carbonyl (C=O) groups excluding carboxylic acids is 1. The number of nitrogens with zero attached hydrogens (tertiary/aromatic N) is 3. The zero-order valence-corrected chi connectivity index (χ0v) is 13.2. The number of hydrogen-bond donors (Lipinski definition) is 2. The van der Waals surface area contributed by atoms with Gasteiger partial charge in [-0.3, -0.25) is 14.6 Å². The summed E-state index contributed by atoms with van der Waals surface area (Å²) in [7, 11) is 1.80. The molecule has 0 saturated heterocycles. The second-order valence-corrected chi connectivity index (χ2v) is 5.27. The van der Waals surface area contributed by atoms with Crippen molar-refractivity contribution in [3.8, 4) is 17.0 Å². The second kappa shape index (κ2) is 7.12. The minimum absolute atomic E-state index is 0.0590. The van der Waals surface area contributed by atoms with Gasteiger partial charge in [0, 0.05) is 30.9 Å². The maximum atomic E-state index is 12.1. The predicted molar refractivity (Wildman–Crippen MR) is 85.0 cm³/mol. The number of nitrogens with one attached hydrogen (secondary N) is 2. The van der Waals surface area contributed by atoms with Gasteiger partial charge >= 0.3 is 6.61 Å². The van der Waals surface area contributed by atoms with Gasteiger partial charge in [0.1, 0.15) is 11.4 Å². The minimum Gasteiger partial charge on any atom is -0.435 e. The molecule has 0 saturated carbocycles. The van der Waals surface area contributed by atoms with E-state index in [1.54, 1.807) is 36.1 Å². The highest BCUT2D eigenvalue weighted by Crippen LogP contribution is 2.22. The summed E-state index contributed by atoms with van der Waals surface area (Å²) in [5, 5.41) is 13.5. The van der Waals surface area contributed by atoms with E-state index in [0.29, 0.717) is 23.5 Å². The van der Waals surface area contributed by atoms with Crippen LogP contribution in [0.4, 0.5) is 8.78 Å². The van der Waals surface area contributed by atoms with Crippen LogP contribution in [0.1, 0.15) is 16.1 Å². The lowest BCUT2D eigenvalue weighted by Crippen LogP contribution is -2.22. The Balaban J connectivity index is 1.64. The maximum Gasteiger partial charge on any atom is 0.387 e. The Hall–Kier alpha value is -3.23. The Morgan fingerprint density at radius 2 is 2.12 bits per heavy atom. The van der Waals surface area contributed by atoms with Gasteiger partial charge in [-0.15, -0.1) is 0 Å². The molecule has 0 atom stereocenters. The Kier molecular flexibility index (Phi) is 4.73. The number of ether oxygens (including phenoxy) is 1. The first-order valence-corrected chi connectivity index (χ1v) is 7.37. The topological polar surface area (TPSA) is 84.8 Å². The summed E-state index contributed by atoms with van der Waals surface area (Å²) in [6.07, 6.45) is 3.48. The van der Waals surface area contributed by atoms with Crippen LogP contribution in [0.2, 0.25) is 0 Å². The molecule has 0 aliphatic heterocycles. The number of rotatable bonds is 6. The molecule has 7 nitrogen and oxygen atoms in total. The van der Waals surface area contributed by atoms with Crippen molar-refractivity contribution in [1.29, 1.82) is 0 Å². The molecular formula is C16H15F2N5O2. The molecule has 0 aliphatic rings. The van der Waals surface area contributed by atoms with Crippen molar-refractivity contribution in [1.82, 2.24) is 25.3 Å². The zero-order valence-electron chi connectivity index (χ0n) is 13.2. The minimum atomic E-state index is -2.87. The summed E-state index contributed by atoms with van der Waals surface area (Å²) < 4.78 is 30.2. The quantitative estimate of drug-likeness (QED) is 0.717. The van der Waals surface area contributed by atoms with Gasteiger partial charge in [0.15, 0.2) is 0 Å². The number of hydrogen-bond acceptors (Lipinski definition) is 4. The average molecular weight is 347 g/mol. The third kappa shape index (κ3) is 4.19. The Labute approximate surface area is 141 Å². The van der Waals surface area contributed by atoms with E-state index in [9.17, 15) is 13.6 Å². The molecule has 0 unspecified atom stereocenters. The largest absolute Gasteiger partial charge is 0.435 e. The molecule has 130 valence electrons. The highest BCUT2D eigenvalue weighted by atomic mass is 19.3. The summed E-state index contributed by atoms with van der Waals surface area (Å²) >= 11 is 0. The van der Waals surface area contributed by atoms with Crippen molar-refractivity contribution in [3.05, 3.63) is 54.0 Å². The molecule has 0 fully saturated rings. The predicted octanol–water partition coefficient (Wildman–Crippen LogP) is 2.34. The summed E-state index contributed by atoms with van der Waals surface area (Å²) in [4.78, 5) is 12.1. The van der Waals surface area contributed by atoms with Gasteiger partial charge in [0.2, 0.25) is 0 Å². The molecule has 0 aliphatic carbocycles. The van der Waals surface area contributed by atoms with E-state index in [2.05, 4.69) is 25.3 Å². The molecule has 9 heteroatoms. The molecule has 2 heterocycles. The molecule has 0 spiro atoms. The van der Waals surface area contributed by atoms with Crippen molar-refractivity contribution in [3.63, 3.8) is 0 Å².